The molecule has 0 spiro atoms. The second kappa shape index (κ2) is 9.36. The zero-order valence-corrected chi connectivity index (χ0v) is 17.8. The van der Waals surface area contributed by atoms with Crippen LogP contribution in [0.25, 0.3) is 0 Å². The van der Waals surface area contributed by atoms with Crippen LogP contribution >= 0.6 is 0 Å². The maximum absolute atomic E-state index is 12.9. The molecule has 1 aromatic rings. The van der Waals surface area contributed by atoms with Gasteiger partial charge in [0.1, 0.15) is 0 Å². The topological polar surface area (TPSA) is 122 Å². The van der Waals surface area contributed by atoms with Crippen molar-refractivity contribution in [1.82, 2.24) is 14.9 Å². The Balaban J connectivity index is 2.06. The average molecular weight is 426 g/mol. The molecule has 1 fully saturated rings. The van der Waals surface area contributed by atoms with E-state index in [1.165, 1.54) is 42.5 Å². The van der Waals surface area contributed by atoms with E-state index in [-0.39, 0.29) is 22.3 Å². The molecule has 10 heteroatoms. The first kappa shape index (κ1) is 22.8. The van der Waals surface area contributed by atoms with Crippen LogP contribution in [-0.4, -0.2) is 56.9 Å². The minimum absolute atomic E-state index is 0.0979. The molecule has 2 rings (SSSR count). The monoisotopic (exact) mass is 425 g/mol. The number of nitrogens with one attached hydrogen (secondary N) is 2. The van der Waals surface area contributed by atoms with Crippen molar-refractivity contribution in [3.63, 3.8) is 0 Å². The Hall–Kier alpha value is -2.46. The molecule has 0 unspecified atom stereocenters. The summed E-state index contributed by atoms with van der Waals surface area (Å²) in [6, 6.07) is 4.68. The van der Waals surface area contributed by atoms with E-state index in [4.69, 9.17) is 4.74 Å². The summed E-state index contributed by atoms with van der Waals surface area (Å²) in [5.74, 6) is -1.01. The van der Waals surface area contributed by atoms with Crippen LogP contribution in [0.15, 0.2) is 29.2 Å². The van der Waals surface area contributed by atoms with Crippen molar-refractivity contribution in [1.29, 1.82) is 0 Å². The minimum Gasteiger partial charge on any atom is -0.449 e. The molecule has 3 amide bonds. The Morgan fingerprint density at radius 3 is 2.17 bits per heavy atom. The fourth-order valence-corrected chi connectivity index (χ4v) is 4.95. The Morgan fingerprint density at radius 2 is 1.66 bits per heavy atom. The van der Waals surface area contributed by atoms with Crippen molar-refractivity contribution in [3.05, 3.63) is 29.8 Å². The average Bonchev–Trinajstić information content (AvgIpc) is 2.67. The molecule has 0 saturated carbocycles. The van der Waals surface area contributed by atoms with Crippen LogP contribution < -0.4 is 10.6 Å². The highest BCUT2D eigenvalue weighted by atomic mass is 32.2. The van der Waals surface area contributed by atoms with Gasteiger partial charge < -0.3 is 10.1 Å². The highest BCUT2D eigenvalue weighted by Gasteiger charge is 2.31. The molecule has 0 bridgehead atoms. The third kappa shape index (κ3) is 5.77. The quantitative estimate of drug-likeness (QED) is 0.687. The Bertz CT molecular complexity index is 858. The first-order chi connectivity index (χ1) is 13.5. The van der Waals surface area contributed by atoms with E-state index in [9.17, 15) is 22.8 Å². The number of urea groups is 1. The van der Waals surface area contributed by atoms with E-state index < -0.39 is 34.0 Å². The van der Waals surface area contributed by atoms with Crippen LogP contribution in [0.1, 0.15) is 37.6 Å². The molecule has 1 aliphatic heterocycles. The molecule has 2 N–H and O–H groups in total. The van der Waals surface area contributed by atoms with Crippen LogP contribution in [0.4, 0.5) is 4.79 Å². The highest BCUT2D eigenvalue weighted by molar-refractivity contribution is 7.89. The van der Waals surface area contributed by atoms with Gasteiger partial charge in [-0.3, -0.25) is 10.1 Å². The molecule has 29 heavy (non-hydrogen) atoms. The van der Waals surface area contributed by atoms with Gasteiger partial charge >= 0.3 is 12.0 Å². The molecule has 160 valence electrons. The number of nitrogens with zero attached hydrogens (tertiary/aromatic N) is 1. The molecule has 1 heterocycles. The summed E-state index contributed by atoms with van der Waals surface area (Å²) in [5.41, 5.74) is 0.101. The number of carbonyl (C=O) groups is 3. The zero-order valence-electron chi connectivity index (χ0n) is 17.0. The van der Waals surface area contributed by atoms with Gasteiger partial charge in [0.25, 0.3) is 5.91 Å². The lowest BCUT2D eigenvalue weighted by Crippen LogP contribution is -2.43. The molecule has 1 saturated heterocycles. The first-order valence-electron chi connectivity index (χ1n) is 9.38. The number of hydrogen-bond acceptors (Lipinski definition) is 6. The lowest BCUT2D eigenvalue weighted by atomic mass is 9.94. The SMILES string of the molecule is CNC(=O)NC(=O)[C@H](C)OC(=O)c1ccc(S(=O)(=O)N2C[C@@H](C)C[C@H](C)C2)cc1. The number of hydrogen-bond donors (Lipinski definition) is 2. The number of carbonyl (C=O) groups excluding carboxylic acids is 3. The minimum atomic E-state index is -3.65. The summed E-state index contributed by atoms with van der Waals surface area (Å²) in [7, 11) is -2.30. The van der Waals surface area contributed by atoms with Gasteiger partial charge in [0.05, 0.1) is 10.5 Å². The van der Waals surface area contributed by atoms with Crippen molar-refractivity contribution < 1.29 is 27.5 Å². The van der Waals surface area contributed by atoms with Gasteiger partial charge in [0.2, 0.25) is 10.0 Å². The summed E-state index contributed by atoms with van der Waals surface area (Å²) >= 11 is 0. The number of esters is 1. The van der Waals surface area contributed by atoms with Crippen molar-refractivity contribution in [2.24, 2.45) is 11.8 Å². The van der Waals surface area contributed by atoms with Crippen LogP contribution in [0.5, 0.6) is 0 Å². The Kier molecular flexibility index (Phi) is 7.37. The van der Waals surface area contributed by atoms with Crippen molar-refractivity contribution in [2.75, 3.05) is 20.1 Å². The third-order valence-corrected chi connectivity index (χ3v) is 6.53. The summed E-state index contributed by atoms with van der Waals surface area (Å²) < 4.78 is 32.3. The predicted octanol–water partition coefficient (Wildman–Crippen LogP) is 1.35. The molecule has 0 aliphatic carbocycles. The van der Waals surface area contributed by atoms with Gasteiger partial charge in [0, 0.05) is 20.1 Å². The number of rotatable bonds is 5. The zero-order chi connectivity index (χ0) is 21.8. The van der Waals surface area contributed by atoms with Gasteiger partial charge in [-0.15, -0.1) is 0 Å². The number of benzene rings is 1. The molecular weight excluding hydrogens is 398 g/mol. The van der Waals surface area contributed by atoms with E-state index in [0.29, 0.717) is 13.1 Å². The molecular formula is C19H27N3O6S. The fourth-order valence-electron chi connectivity index (χ4n) is 3.27. The van der Waals surface area contributed by atoms with Crippen LogP contribution in [0.3, 0.4) is 0 Å². The standard InChI is InChI=1S/C19H27N3O6S/c1-12-9-13(2)11-22(10-12)29(26,27)16-7-5-15(6-8-16)18(24)28-14(3)17(23)21-19(25)20-4/h5-8,12-14H,9-11H2,1-4H3,(H2,20,21,23,25)/t12-,13-,14-/m0/s1. The van der Waals surface area contributed by atoms with Crippen LogP contribution in [0, 0.1) is 11.8 Å². The number of amides is 3. The van der Waals surface area contributed by atoms with Crippen LogP contribution in [0.2, 0.25) is 0 Å². The van der Waals surface area contributed by atoms with E-state index >= 15 is 0 Å². The highest BCUT2D eigenvalue weighted by Crippen LogP contribution is 2.26. The fraction of sp³-hybridized carbons (Fsp3) is 0.526. The largest absolute Gasteiger partial charge is 0.449 e. The van der Waals surface area contributed by atoms with Gasteiger partial charge in [-0.1, -0.05) is 13.8 Å². The molecule has 1 aromatic carbocycles. The molecule has 3 atom stereocenters. The number of imide groups is 1. The normalized spacial score (nSPS) is 21.1. The Labute approximate surface area is 170 Å². The summed E-state index contributed by atoms with van der Waals surface area (Å²) in [5, 5.41) is 4.22. The smallest absolute Gasteiger partial charge is 0.338 e. The number of sulfonamides is 1. The lowest BCUT2D eigenvalue weighted by Gasteiger charge is -2.34. The summed E-state index contributed by atoms with van der Waals surface area (Å²) in [6.45, 7) is 6.31. The van der Waals surface area contributed by atoms with Gasteiger partial charge in [-0.25, -0.2) is 18.0 Å². The maximum atomic E-state index is 12.9. The van der Waals surface area contributed by atoms with Crippen LogP contribution in [-0.2, 0) is 19.6 Å². The van der Waals surface area contributed by atoms with E-state index in [1.807, 2.05) is 19.2 Å². The summed E-state index contributed by atoms with van der Waals surface area (Å²) in [4.78, 5) is 35.2. The molecule has 1 aliphatic rings. The second-order valence-electron chi connectivity index (χ2n) is 7.41. The number of ether oxygens (including phenoxy) is 1. The van der Waals surface area contributed by atoms with Gasteiger partial charge in [-0.2, -0.15) is 4.31 Å². The Morgan fingerprint density at radius 1 is 1.10 bits per heavy atom. The third-order valence-electron chi connectivity index (χ3n) is 4.68. The maximum Gasteiger partial charge on any atom is 0.338 e. The van der Waals surface area contributed by atoms with Crippen molar-refractivity contribution in [3.8, 4) is 0 Å². The van der Waals surface area contributed by atoms with E-state index in [1.54, 1.807) is 0 Å². The van der Waals surface area contributed by atoms with Gasteiger partial charge in [0.15, 0.2) is 6.10 Å². The van der Waals surface area contributed by atoms with Crippen molar-refractivity contribution >= 4 is 27.9 Å². The first-order valence-corrected chi connectivity index (χ1v) is 10.8. The van der Waals surface area contributed by atoms with E-state index in [2.05, 4.69) is 5.32 Å². The molecule has 9 nitrogen and oxygen atoms in total. The number of piperidine rings is 1. The predicted molar refractivity (Wildman–Crippen MR) is 106 cm³/mol. The van der Waals surface area contributed by atoms with E-state index in [0.717, 1.165) is 6.42 Å². The second-order valence-corrected chi connectivity index (χ2v) is 9.35. The molecule has 0 aromatic heterocycles. The molecule has 0 radical (unpaired) electrons. The summed E-state index contributed by atoms with van der Waals surface area (Å²) in [6.07, 6.45) is -0.206. The lowest BCUT2D eigenvalue weighted by molar-refractivity contribution is -0.127. The van der Waals surface area contributed by atoms with Crippen molar-refractivity contribution in [2.45, 2.75) is 38.2 Å². The van der Waals surface area contributed by atoms with Gasteiger partial charge in [-0.05, 0) is 49.4 Å².